The van der Waals surface area contributed by atoms with E-state index in [-0.39, 0.29) is 0 Å². The van der Waals surface area contributed by atoms with Gasteiger partial charge in [-0.1, -0.05) is 0 Å². The summed E-state index contributed by atoms with van der Waals surface area (Å²) in [6.07, 6.45) is 4.93. The van der Waals surface area contributed by atoms with Crippen molar-refractivity contribution in [1.29, 1.82) is 0 Å². The summed E-state index contributed by atoms with van der Waals surface area (Å²) in [5, 5.41) is 0. The molecule has 19 heavy (non-hydrogen) atoms. The van der Waals surface area contributed by atoms with E-state index in [0.717, 1.165) is 49.3 Å². The lowest BCUT2D eigenvalue weighted by atomic mass is 10.1. The average Bonchev–Trinajstić information content (AvgIpc) is 2.37. The maximum Gasteiger partial charge on any atom is 0.102 e. The molecule has 0 aromatic carbocycles. The van der Waals surface area contributed by atoms with Crippen LogP contribution in [0.1, 0.15) is 18.5 Å². The van der Waals surface area contributed by atoms with Gasteiger partial charge in [-0.15, -0.1) is 0 Å². The highest BCUT2D eigenvalue weighted by Crippen LogP contribution is 2.16. The lowest BCUT2D eigenvalue weighted by Gasteiger charge is -2.37. The van der Waals surface area contributed by atoms with Crippen molar-refractivity contribution >= 4 is 11.4 Å². The van der Waals surface area contributed by atoms with E-state index in [1.807, 2.05) is 0 Å². The number of aromatic nitrogens is 1. The Balaban J connectivity index is 1.74. The molecule has 0 unspecified atom stereocenters. The number of aryl methyl sites for hydroxylation is 1. The Kier molecular flexibility index (Phi) is 4.61. The number of rotatable bonds is 5. The van der Waals surface area contributed by atoms with Crippen LogP contribution in [0.4, 0.5) is 11.4 Å². The number of quaternary nitrogens is 1. The van der Waals surface area contributed by atoms with Crippen molar-refractivity contribution in [3.8, 4) is 0 Å². The summed E-state index contributed by atoms with van der Waals surface area (Å²) in [6, 6.07) is 1.79. The van der Waals surface area contributed by atoms with Crippen molar-refractivity contribution in [2.45, 2.75) is 19.3 Å². The van der Waals surface area contributed by atoms with Crippen molar-refractivity contribution in [2.75, 3.05) is 51.4 Å². The molecule has 2 heterocycles. The van der Waals surface area contributed by atoms with Gasteiger partial charge < -0.3 is 20.7 Å². The molecular formula is C14H25N4O+. The average molecular weight is 265 g/mol. The molecule has 0 aliphatic carbocycles. The number of nitrogen functional groups attached to an aromatic ring is 2. The van der Waals surface area contributed by atoms with Gasteiger partial charge in [0.05, 0.1) is 50.1 Å². The number of hydrogen-bond acceptors (Lipinski definition) is 4. The summed E-state index contributed by atoms with van der Waals surface area (Å²) in [5.74, 6) is 0. The standard InChI is InChI=1S/C14H25N4O/c1-18(6-8-19-9-7-18)5-3-2-4-14-13(16)10-12(15)11-17-14/h10-11H,2-9,15-16H2,1H3/q+1. The van der Waals surface area contributed by atoms with Crippen LogP contribution < -0.4 is 11.5 Å². The first kappa shape index (κ1) is 14.1. The summed E-state index contributed by atoms with van der Waals surface area (Å²) in [6.45, 7) is 5.24. The van der Waals surface area contributed by atoms with Gasteiger partial charge in [0, 0.05) is 0 Å². The van der Waals surface area contributed by atoms with Crippen molar-refractivity contribution in [2.24, 2.45) is 0 Å². The molecule has 106 valence electrons. The van der Waals surface area contributed by atoms with Gasteiger partial charge in [0.25, 0.3) is 0 Å². The van der Waals surface area contributed by atoms with Gasteiger partial charge in [0.1, 0.15) is 13.1 Å². The number of pyridine rings is 1. The van der Waals surface area contributed by atoms with E-state index < -0.39 is 0 Å². The van der Waals surface area contributed by atoms with Crippen molar-refractivity contribution in [1.82, 2.24) is 4.98 Å². The molecule has 1 aromatic heterocycles. The Labute approximate surface area is 115 Å². The van der Waals surface area contributed by atoms with Crippen LogP contribution in [0.15, 0.2) is 12.3 Å². The SMILES string of the molecule is C[N+]1(CCCCc2ncc(N)cc2N)CCOCC1. The fourth-order valence-electron chi connectivity index (χ4n) is 2.53. The van der Waals surface area contributed by atoms with E-state index in [4.69, 9.17) is 16.2 Å². The second kappa shape index (κ2) is 6.21. The van der Waals surface area contributed by atoms with Gasteiger partial charge in [0.15, 0.2) is 0 Å². The lowest BCUT2D eigenvalue weighted by Crippen LogP contribution is -2.52. The molecule has 1 aliphatic rings. The van der Waals surface area contributed by atoms with Crippen LogP contribution in [-0.4, -0.2) is 49.4 Å². The minimum absolute atomic E-state index is 0.632. The Morgan fingerprint density at radius 1 is 1.26 bits per heavy atom. The molecule has 5 heteroatoms. The van der Waals surface area contributed by atoms with Gasteiger partial charge in [-0.2, -0.15) is 0 Å². The minimum atomic E-state index is 0.632. The van der Waals surface area contributed by atoms with Crippen LogP contribution in [-0.2, 0) is 11.2 Å². The third-order valence-electron chi connectivity index (χ3n) is 3.94. The topological polar surface area (TPSA) is 74.2 Å². The largest absolute Gasteiger partial charge is 0.397 e. The normalized spacial score (nSPS) is 18.4. The maximum absolute atomic E-state index is 5.91. The Bertz CT molecular complexity index is 416. The second-order valence-electron chi connectivity index (χ2n) is 5.66. The summed E-state index contributed by atoms with van der Waals surface area (Å²) >= 11 is 0. The van der Waals surface area contributed by atoms with Crippen LogP contribution >= 0.6 is 0 Å². The molecule has 0 saturated carbocycles. The molecule has 0 bridgehead atoms. The number of nitrogens with zero attached hydrogens (tertiary/aromatic N) is 2. The van der Waals surface area contributed by atoms with Gasteiger partial charge >= 0.3 is 0 Å². The van der Waals surface area contributed by atoms with E-state index in [0.29, 0.717) is 11.4 Å². The van der Waals surface area contributed by atoms with Crippen LogP contribution in [0, 0.1) is 0 Å². The number of likely N-dealkylation sites (N-methyl/N-ethyl adjacent to an activating group) is 1. The fraction of sp³-hybridized carbons (Fsp3) is 0.643. The quantitative estimate of drug-likeness (QED) is 0.616. The molecule has 1 fully saturated rings. The Hall–Kier alpha value is -1.33. The summed E-state index contributed by atoms with van der Waals surface area (Å²) < 4.78 is 6.54. The van der Waals surface area contributed by atoms with Crippen molar-refractivity contribution < 1.29 is 9.22 Å². The van der Waals surface area contributed by atoms with Crippen LogP contribution in [0.3, 0.4) is 0 Å². The zero-order valence-electron chi connectivity index (χ0n) is 11.8. The van der Waals surface area contributed by atoms with Gasteiger partial charge in [-0.3, -0.25) is 4.98 Å². The maximum atomic E-state index is 5.91. The number of unbranched alkanes of at least 4 members (excludes halogenated alkanes) is 1. The smallest absolute Gasteiger partial charge is 0.102 e. The molecule has 0 radical (unpaired) electrons. The predicted octanol–water partition coefficient (Wildman–Crippen LogP) is 1.05. The third kappa shape index (κ3) is 4.08. The molecule has 2 rings (SSSR count). The zero-order chi connectivity index (χ0) is 13.7. The third-order valence-corrected chi connectivity index (χ3v) is 3.94. The zero-order valence-corrected chi connectivity index (χ0v) is 11.8. The molecule has 0 spiro atoms. The van der Waals surface area contributed by atoms with E-state index in [1.165, 1.54) is 13.0 Å². The number of morpholine rings is 1. The van der Waals surface area contributed by atoms with Crippen molar-refractivity contribution in [3.63, 3.8) is 0 Å². The molecule has 0 amide bonds. The van der Waals surface area contributed by atoms with E-state index >= 15 is 0 Å². The van der Waals surface area contributed by atoms with Gasteiger partial charge in [-0.25, -0.2) is 0 Å². The number of hydrogen-bond donors (Lipinski definition) is 2. The van der Waals surface area contributed by atoms with E-state index in [9.17, 15) is 0 Å². The summed E-state index contributed by atoms with van der Waals surface area (Å²) in [4.78, 5) is 4.30. The fourth-order valence-corrected chi connectivity index (χ4v) is 2.53. The lowest BCUT2D eigenvalue weighted by molar-refractivity contribution is -0.917. The second-order valence-corrected chi connectivity index (χ2v) is 5.66. The number of anilines is 2. The molecule has 4 N–H and O–H groups in total. The van der Waals surface area contributed by atoms with Crippen molar-refractivity contribution in [3.05, 3.63) is 18.0 Å². The Morgan fingerprint density at radius 2 is 2.00 bits per heavy atom. The molecule has 1 aliphatic heterocycles. The van der Waals surface area contributed by atoms with Gasteiger partial charge in [0.2, 0.25) is 0 Å². The molecular weight excluding hydrogens is 240 g/mol. The highest BCUT2D eigenvalue weighted by atomic mass is 16.5. The first-order valence-corrected chi connectivity index (χ1v) is 7.00. The minimum Gasteiger partial charge on any atom is -0.397 e. The highest BCUT2D eigenvalue weighted by molar-refractivity contribution is 5.52. The van der Waals surface area contributed by atoms with E-state index in [1.54, 1.807) is 12.3 Å². The van der Waals surface area contributed by atoms with Crippen LogP contribution in [0.5, 0.6) is 0 Å². The summed E-state index contributed by atoms with van der Waals surface area (Å²) in [7, 11) is 2.32. The highest BCUT2D eigenvalue weighted by Gasteiger charge is 2.24. The monoisotopic (exact) mass is 265 g/mol. The Morgan fingerprint density at radius 3 is 2.68 bits per heavy atom. The molecule has 0 atom stereocenters. The number of ether oxygens (including phenoxy) is 1. The first-order chi connectivity index (χ1) is 9.09. The number of nitrogens with two attached hydrogens (primary N) is 2. The van der Waals surface area contributed by atoms with E-state index in [2.05, 4.69) is 12.0 Å². The first-order valence-electron chi connectivity index (χ1n) is 7.00. The van der Waals surface area contributed by atoms with Crippen LogP contribution in [0.2, 0.25) is 0 Å². The molecule has 5 nitrogen and oxygen atoms in total. The summed E-state index contributed by atoms with van der Waals surface area (Å²) in [5.41, 5.74) is 13.9. The molecule has 1 saturated heterocycles. The van der Waals surface area contributed by atoms with Gasteiger partial charge in [-0.05, 0) is 25.3 Å². The predicted molar refractivity (Wildman–Crippen MR) is 77.6 cm³/mol. The van der Waals surface area contributed by atoms with Crippen LogP contribution in [0.25, 0.3) is 0 Å². The molecule has 1 aromatic rings.